The summed E-state index contributed by atoms with van der Waals surface area (Å²) in [6.45, 7) is 1.89. The van der Waals surface area contributed by atoms with Gasteiger partial charge in [-0.2, -0.15) is 0 Å². The lowest BCUT2D eigenvalue weighted by Gasteiger charge is -2.18. The summed E-state index contributed by atoms with van der Waals surface area (Å²) in [5.41, 5.74) is 1.50. The van der Waals surface area contributed by atoms with Crippen LogP contribution in [0.25, 0.3) is 0 Å². The van der Waals surface area contributed by atoms with Crippen LogP contribution in [0.2, 0.25) is 5.02 Å². The quantitative estimate of drug-likeness (QED) is 0.591. The Balaban J connectivity index is 1.91. The summed E-state index contributed by atoms with van der Waals surface area (Å²) in [6, 6.07) is 14.7. The van der Waals surface area contributed by atoms with Gasteiger partial charge in [-0.1, -0.05) is 29.8 Å². The molecule has 0 bridgehead atoms. The van der Waals surface area contributed by atoms with Gasteiger partial charge in [0.1, 0.15) is 16.4 Å². The summed E-state index contributed by atoms with van der Waals surface area (Å²) >= 11 is 6.20. The van der Waals surface area contributed by atoms with Crippen molar-refractivity contribution in [2.24, 2.45) is 0 Å². The first-order valence-electron chi connectivity index (χ1n) is 9.29. The molecule has 1 N–H and O–H groups in total. The summed E-state index contributed by atoms with van der Waals surface area (Å²) < 4.78 is 38.9. The maximum atomic E-state index is 13.0. The lowest BCUT2D eigenvalue weighted by molar-refractivity contribution is 0.102. The Morgan fingerprint density at radius 1 is 1.00 bits per heavy atom. The molecule has 0 fully saturated rings. The predicted octanol–water partition coefficient (Wildman–Crippen LogP) is 5.05. The first kappa shape index (κ1) is 21.2. The molecule has 31 heavy (non-hydrogen) atoms. The van der Waals surface area contributed by atoms with Crippen LogP contribution in [0.3, 0.4) is 0 Å². The molecule has 1 aliphatic rings. The minimum Gasteiger partial charge on any atom is -0.454 e. The third-order valence-electron chi connectivity index (χ3n) is 4.71. The van der Waals surface area contributed by atoms with Gasteiger partial charge in [0, 0.05) is 20.2 Å². The molecule has 160 valence electrons. The first-order chi connectivity index (χ1) is 14.7. The molecule has 9 heteroatoms. The Bertz CT molecular complexity index is 1310. The molecule has 0 radical (unpaired) electrons. The molecular weight excluding hydrogens is 440 g/mol. The maximum absolute atomic E-state index is 13.0. The molecule has 0 unspecified atom stereocenters. The Morgan fingerprint density at radius 2 is 1.74 bits per heavy atom. The van der Waals surface area contributed by atoms with E-state index < -0.39 is 15.9 Å². The van der Waals surface area contributed by atoms with Crippen LogP contribution in [0.4, 0.5) is 5.69 Å². The lowest BCUT2D eigenvalue weighted by atomic mass is 10.1. The molecule has 0 saturated carbocycles. The number of hydrogen-bond acceptors (Lipinski definition) is 5. The summed E-state index contributed by atoms with van der Waals surface area (Å²) in [5, 5.41) is 3.08. The zero-order chi connectivity index (χ0) is 22.3. The van der Waals surface area contributed by atoms with Crippen LogP contribution < -0.4 is 14.8 Å². The number of rotatable bonds is 4. The van der Waals surface area contributed by atoms with Crippen molar-refractivity contribution >= 4 is 33.2 Å². The molecule has 1 amide bonds. The van der Waals surface area contributed by atoms with Crippen LogP contribution in [0.15, 0.2) is 59.5 Å². The number of aryl methyl sites for hydroxylation is 1. The van der Waals surface area contributed by atoms with Crippen molar-refractivity contribution < 1.29 is 22.7 Å². The zero-order valence-corrected chi connectivity index (χ0v) is 18.5. The normalized spacial score (nSPS) is 13.0. The number of carbonyl (C=O) groups excluding carboxylic acids is 1. The molecule has 0 atom stereocenters. The fourth-order valence-corrected chi connectivity index (χ4v) is 4.26. The fraction of sp³-hybridized carbons (Fsp3) is 0.136. The average molecular weight is 459 g/mol. The van der Waals surface area contributed by atoms with E-state index >= 15 is 0 Å². The van der Waals surface area contributed by atoms with Gasteiger partial charge in [0.15, 0.2) is 11.5 Å². The van der Waals surface area contributed by atoms with Crippen molar-refractivity contribution in [3.8, 4) is 23.0 Å². The number of ether oxygens (including phenoxy) is 2. The van der Waals surface area contributed by atoms with Crippen molar-refractivity contribution in [3.63, 3.8) is 0 Å². The molecule has 0 saturated heterocycles. The van der Waals surface area contributed by atoms with Gasteiger partial charge in [0.2, 0.25) is 10.0 Å². The third-order valence-corrected chi connectivity index (χ3v) is 6.86. The van der Waals surface area contributed by atoms with E-state index in [0.29, 0.717) is 16.5 Å². The number of benzene rings is 3. The van der Waals surface area contributed by atoms with Crippen LogP contribution in [0.5, 0.6) is 23.0 Å². The molecule has 0 spiro atoms. The number of carbonyl (C=O) groups is 1. The minimum absolute atomic E-state index is 0.0103. The standard InChI is InChI=1S/C22H19ClN2O5S/c1-13-8-9-18-16(10-13)24-22(26)14-11-21(31(27,28)25(2)3)20(12-19(14)30-18)29-17-7-5-4-6-15(17)23/h4-12H,1-3H3,(H,24,26). The topological polar surface area (TPSA) is 84.9 Å². The second kappa shape index (κ2) is 7.88. The smallest absolute Gasteiger partial charge is 0.259 e. The molecular formula is C22H19ClN2O5S. The van der Waals surface area contributed by atoms with Gasteiger partial charge in [0.05, 0.1) is 16.3 Å². The predicted molar refractivity (Wildman–Crippen MR) is 118 cm³/mol. The molecule has 0 aromatic heterocycles. The molecule has 0 aliphatic carbocycles. The minimum atomic E-state index is -3.95. The maximum Gasteiger partial charge on any atom is 0.259 e. The number of fused-ring (bicyclic) bond motifs is 2. The van der Waals surface area contributed by atoms with Crippen LogP contribution in [-0.2, 0) is 10.0 Å². The highest BCUT2D eigenvalue weighted by molar-refractivity contribution is 7.89. The van der Waals surface area contributed by atoms with Crippen molar-refractivity contribution in [3.05, 3.63) is 70.7 Å². The number of halogens is 1. The number of hydrogen-bond donors (Lipinski definition) is 1. The van der Waals surface area contributed by atoms with E-state index in [2.05, 4.69) is 5.32 Å². The van der Waals surface area contributed by atoms with Crippen LogP contribution in [0.1, 0.15) is 15.9 Å². The van der Waals surface area contributed by atoms with E-state index in [1.165, 1.54) is 26.2 Å². The van der Waals surface area contributed by atoms with Crippen molar-refractivity contribution in [1.29, 1.82) is 0 Å². The molecule has 3 aromatic rings. The van der Waals surface area contributed by atoms with E-state index in [1.54, 1.807) is 36.4 Å². The summed E-state index contributed by atoms with van der Waals surface area (Å²) in [5.74, 6) is 0.376. The SMILES string of the molecule is Cc1ccc2c(c1)NC(=O)c1cc(S(=O)(=O)N(C)C)c(Oc3ccccc3Cl)cc1O2. The van der Waals surface area contributed by atoms with E-state index in [9.17, 15) is 13.2 Å². The highest BCUT2D eigenvalue weighted by Gasteiger charge is 2.30. The molecule has 4 rings (SSSR count). The largest absolute Gasteiger partial charge is 0.454 e. The lowest BCUT2D eigenvalue weighted by Crippen LogP contribution is -2.23. The highest BCUT2D eigenvalue weighted by atomic mass is 35.5. The average Bonchev–Trinajstić information content (AvgIpc) is 2.84. The van der Waals surface area contributed by atoms with Crippen molar-refractivity contribution in [2.75, 3.05) is 19.4 Å². The summed E-state index contributed by atoms with van der Waals surface area (Å²) in [7, 11) is -1.16. The number of anilines is 1. The fourth-order valence-electron chi connectivity index (χ4n) is 3.07. The second-order valence-electron chi connectivity index (χ2n) is 7.17. The third kappa shape index (κ3) is 3.97. The van der Waals surface area contributed by atoms with Gasteiger partial charge in [-0.25, -0.2) is 12.7 Å². The van der Waals surface area contributed by atoms with Crippen LogP contribution in [0, 0.1) is 6.92 Å². The van der Waals surface area contributed by atoms with Gasteiger partial charge in [-0.05, 0) is 42.8 Å². The molecule has 3 aromatic carbocycles. The monoisotopic (exact) mass is 458 g/mol. The van der Waals surface area contributed by atoms with Gasteiger partial charge < -0.3 is 14.8 Å². The molecule has 1 aliphatic heterocycles. The van der Waals surface area contributed by atoms with E-state index in [4.69, 9.17) is 21.1 Å². The summed E-state index contributed by atoms with van der Waals surface area (Å²) in [6.07, 6.45) is 0. The van der Waals surface area contributed by atoms with E-state index in [0.717, 1.165) is 9.87 Å². The Kier molecular flexibility index (Phi) is 5.38. The van der Waals surface area contributed by atoms with E-state index in [-0.39, 0.29) is 27.7 Å². The second-order valence-corrected chi connectivity index (χ2v) is 9.70. The molecule has 1 heterocycles. The van der Waals surface area contributed by atoms with Crippen LogP contribution in [-0.4, -0.2) is 32.7 Å². The number of nitrogens with zero attached hydrogens (tertiary/aromatic N) is 1. The Morgan fingerprint density at radius 3 is 2.45 bits per heavy atom. The molecule has 7 nitrogen and oxygen atoms in total. The number of nitrogens with one attached hydrogen (secondary N) is 1. The Labute approximate surface area is 185 Å². The Hall–Kier alpha value is -3.07. The first-order valence-corrected chi connectivity index (χ1v) is 11.1. The van der Waals surface area contributed by atoms with E-state index in [1.807, 2.05) is 13.0 Å². The number of amides is 1. The van der Waals surface area contributed by atoms with Gasteiger partial charge in [-0.3, -0.25) is 4.79 Å². The van der Waals surface area contributed by atoms with Gasteiger partial charge in [-0.15, -0.1) is 0 Å². The van der Waals surface area contributed by atoms with Gasteiger partial charge >= 0.3 is 0 Å². The van der Waals surface area contributed by atoms with Crippen LogP contribution >= 0.6 is 11.6 Å². The van der Waals surface area contributed by atoms with Crippen molar-refractivity contribution in [2.45, 2.75) is 11.8 Å². The van der Waals surface area contributed by atoms with Gasteiger partial charge in [0.25, 0.3) is 5.91 Å². The highest BCUT2D eigenvalue weighted by Crippen LogP contribution is 2.42. The number of para-hydroxylation sites is 1. The number of sulfonamides is 1. The summed E-state index contributed by atoms with van der Waals surface area (Å²) in [4.78, 5) is 12.7. The van der Waals surface area contributed by atoms with Crippen molar-refractivity contribution in [1.82, 2.24) is 4.31 Å². The zero-order valence-electron chi connectivity index (χ0n) is 17.0.